The summed E-state index contributed by atoms with van der Waals surface area (Å²) in [5, 5.41) is 3.00. The Morgan fingerprint density at radius 1 is 1.21 bits per heavy atom. The number of nitrogens with one attached hydrogen (secondary N) is 1. The van der Waals surface area contributed by atoms with E-state index in [0.717, 1.165) is 12.1 Å². The molecular formula is C12H11F4N3. The smallest absolute Gasteiger partial charge is 0.369 e. The van der Waals surface area contributed by atoms with E-state index in [1.807, 2.05) is 6.92 Å². The molecule has 0 bridgehead atoms. The predicted octanol–water partition coefficient (Wildman–Crippen LogP) is 3.61. The second-order valence-electron chi connectivity index (χ2n) is 3.98. The number of hydrogen-bond acceptors (Lipinski definition) is 3. The van der Waals surface area contributed by atoms with E-state index in [2.05, 4.69) is 15.3 Å². The molecule has 0 atom stereocenters. The van der Waals surface area contributed by atoms with Crippen LogP contribution in [0.1, 0.15) is 19.2 Å². The lowest BCUT2D eigenvalue weighted by molar-refractivity contribution is -0.144. The third-order valence-electron chi connectivity index (χ3n) is 2.45. The summed E-state index contributed by atoms with van der Waals surface area (Å²) in [7, 11) is 0. The largest absolute Gasteiger partial charge is 0.451 e. The zero-order valence-corrected chi connectivity index (χ0v) is 10.1. The molecule has 0 saturated carbocycles. The van der Waals surface area contributed by atoms with E-state index in [1.165, 1.54) is 6.07 Å². The summed E-state index contributed by atoms with van der Waals surface area (Å²) < 4.78 is 51.2. The summed E-state index contributed by atoms with van der Waals surface area (Å²) in [6.07, 6.45) is -3.92. The molecule has 1 heterocycles. The highest BCUT2D eigenvalue weighted by Crippen LogP contribution is 2.30. The van der Waals surface area contributed by atoms with E-state index < -0.39 is 17.8 Å². The van der Waals surface area contributed by atoms with Gasteiger partial charge in [0.15, 0.2) is 0 Å². The van der Waals surface area contributed by atoms with Gasteiger partial charge in [0.05, 0.1) is 5.52 Å². The lowest BCUT2D eigenvalue weighted by Gasteiger charge is -2.11. The number of anilines is 1. The van der Waals surface area contributed by atoms with Crippen LogP contribution in [-0.2, 0) is 6.18 Å². The molecule has 0 aliphatic heterocycles. The minimum absolute atomic E-state index is 0.00123. The van der Waals surface area contributed by atoms with Gasteiger partial charge < -0.3 is 5.32 Å². The molecule has 1 N–H and O–H groups in total. The minimum Gasteiger partial charge on any atom is -0.369 e. The number of halogens is 4. The highest BCUT2D eigenvalue weighted by molar-refractivity contribution is 5.89. The van der Waals surface area contributed by atoms with Crippen molar-refractivity contribution in [1.82, 2.24) is 9.97 Å². The van der Waals surface area contributed by atoms with E-state index in [1.54, 1.807) is 0 Å². The Morgan fingerprint density at radius 3 is 2.58 bits per heavy atom. The number of fused-ring (bicyclic) bond motifs is 1. The molecule has 0 spiro atoms. The number of rotatable bonds is 3. The molecule has 0 amide bonds. The Morgan fingerprint density at radius 2 is 1.95 bits per heavy atom. The van der Waals surface area contributed by atoms with Crippen molar-refractivity contribution in [3.8, 4) is 0 Å². The topological polar surface area (TPSA) is 37.8 Å². The normalized spacial score (nSPS) is 11.8. The Kier molecular flexibility index (Phi) is 3.55. The Hall–Kier alpha value is -1.92. The van der Waals surface area contributed by atoms with Gasteiger partial charge in [-0.15, -0.1) is 0 Å². The average Bonchev–Trinajstić information content (AvgIpc) is 2.34. The highest BCUT2D eigenvalue weighted by atomic mass is 19.4. The Labute approximate surface area is 106 Å². The van der Waals surface area contributed by atoms with Crippen LogP contribution in [-0.4, -0.2) is 16.5 Å². The van der Waals surface area contributed by atoms with Crippen molar-refractivity contribution < 1.29 is 17.6 Å². The standard InChI is InChI=1S/C12H11F4N3/c1-2-5-17-10-8-6-7(13)3-4-9(8)18-11(19-10)12(14,15)16/h3-4,6H,2,5H2,1H3,(H,17,18,19). The van der Waals surface area contributed by atoms with Crippen molar-refractivity contribution in [3.05, 3.63) is 29.8 Å². The number of benzene rings is 1. The van der Waals surface area contributed by atoms with E-state index in [0.29, 0.717) is 13.0 Å². The van der Waals surface area contributed by atoms with Crippen LogP contribution < -0.4 is 5.32 Å². The number of aromatic nitrogens is 2. The maximum absolute atomic E-state index is 13.2. The number of alkyl halides is 3. The van der Waals surface area contributed by atoms with Crippen LogP contribution >= 0.6 is 0 Å². The first-order chi connectivity index (χ1) is 8.91. The zero-order chi connectivity index (χ0) is 14.0. The molecule has 102 valence electrons. The molecule has 1 aromatic carbocycles. The molecule has 0 unspecified atom stereocenters. The van der Waals surface area contributed by atoms with Crippen LogP contribution in [0.4, 0.5) is 23.4 Å². The predicted molar refractivity (Wildman–Crippen MR) is 63.3 cm³/mol. The van der Waals surface area contributed by atoms with Crippen LogP contribution in [0.3, 0.4) is 0 Å². The van der Waals surface area contributed by atoms with Gasteiger partial charge in [0.2, 0.25) is 5.82 Å². The van der Waals surface area contributed by atoms with E-state index in [-0.39, 0.29) is 16.7 Å². The van der Waals surface area contributed by atoms with Gasteiger partial charge in [-0.2, -0.15) is 13.2 Å². The average molecular weight is 273 g/mol. The van der Waals surface area contributed by atoms with Crippen LogP contribution in [0.5, 0.6) is 0 Å². The number of nitrogens with zero attached hydrogens (tertiary/aromatic N) is 2. The third kappa shape index (κ3) is 2.91. The van der Waals surface area contributed by atoms with Crippen LogP contribution in [0.2, 0.25) is 0 Å². The molecule has 2 aromatic rings. The highest BCUT2D eigenvalue weighted by Gasteiger charge is 2.35. The van der Waals surface area contributed by atoms with Gasteiger partial charge in [0, 0.05) is 11.9 Å². The van der Waals surface area contributed by atoms with Crippen molar-refractivity contribution in [2.75, 3.05) is 11.9 Å². The molecule has 0 fully saturated rings. The molecule has 0 aliphatic rings. The molecular weight excluding hydrogens is 262 g/mol. The lowest BCUT2D eigenvalue weighted by Crippen LogP contribution is -2.14. The molecule has 0 aliphatic carbocycles. The summed E-state index contributed by atoms with van der Waals surface area (Å²) in [6, 6.07) is 3.39. The summed E-state index contributed by atoms with van der Waals surface area (Å²) in [6.45, 7) is 2.31. The van der Waals surface area contributed by atoms with E-state index >= 15 is 0 Å². The monoisotopic (exact) mass is 273 g/mol. The fourth-order valence-corrected chi connectivity index (χ4v) is 1.61. The van der Waals surface area contributed by atoms with E-state index in [4.69, 9.17) is 0 Å². The molecule has 2 rings (SSSR count). The molecule has 19 heavy (non-hydrogen) atoms. The van der Waals surface area contributed by atoms with Crippen LogP contribution in [0, 0.1) is 5.82 Å². The Bertz CT molecular complexity index is 595. The maximum Gasteiger partial charge on any atom is 0.451 e. The summed E-state index contributed by atoms with van der Waals surface area (Å²) >= 11 is 0. The van der Waals surface area contributed by atoms with Gasteiger partial charge in [-0.05, 0) is 24.6 Å². The first-order valence-electron chi connectivity index (χ1n) is 5.70. The van der Waals surface area contributed by atoms with Crippen molar-refractivity contribution >= 4 is 16.7 Å². The molecule has 0 radical (unpaired) electrons. The molecule has 3 nitrogen and oxygen atoms in total. The van der Waals surface area contributed by atoms with Crippen molar-refractivity contribution in [2.24, 2.45) is 0 Å². The fraction of sp³-hybridized carbons (Fsp3) is 0.333. The summed E-state index contributed by atoms with van der Waals surface area (Å²) in [4.78, 5) is 6.85. The van der Waals surface area contributed by atoms with Gasteiger partial charge in [-0.3, -0.25) is 0 Å². The first kappa shape index (κ1) is 13.5. The quantitative estimate of drug-likeness (QED) is 0.868. The van der Waals surface area contributed by atoms with Gasteiger partial charge in [0.25, 0.3) is 0 Å². The van der Waals surface area contributed by atoms with Crippen molar-refractivity contribution in [1.29, 1.82) is 0 Å². The number of hydrogen-bond donors (Lipinski definition) is 1. The second-order valence-corrected chi connectivity index (χ2v) is 3.98. The lowest BCUT2D eigenvalue weighted by atomic mass is 10.2. The second kappa shape index (κ2) is 4.99. The molecule has 7 heteroatoms. The van der Waals surface area contributed by atoms with Crippen molar-refractivity contribution in [2.45, 2.75) is 19.5 Å². The molecule has 0 saturated heterocycles. The minimum atomic E-state index is -4.63. The third-order valence-corrected chi connectivity index (χ3v) is 2.45. The van der Waals surface area contributed by atoms with Gasteiger partial charge >= 0.3 is 6.18 Å². The fourth-order valence-electron chi connectivity index (χ4n) is 1.61. The van der Waals surface area contributed by atoms with Gasteiger partial charge in [-0.1, -0.05) is 6.92 Å². The Balaban J connectivity index is 2.62. The van der Waals surface area contributed by atoms with Crippen LogP contribution in [0.25, 0.3) is 10.9 Å². The summed E-state index contributed by atoms with van der Waals surface area (Å²) in [5.41, 5.74) is 0.0577. The van der Waals surface area contributed by atoms with Crippen LogP contribution in [0.15, 0.2) is 18.2 Å². The SMILES string of the molecule is CCCNc1nc(C(F)(F)F)nc2ccc(F)cc12. The van der Waals surface area contributed by atoms with Gasteiger partial charge in [-0.25, -0.2) is 14.4 Å². The maximum atomic E-state index is 13.2. The van der Waals surface area contributed by atoms with Gasteiger partial charge in [0.1, 0.15) is 11.6 Å². The zero-order valence-electron chi connectivity index (χ0n) is 10.1. The molecule has 1 aromatic heterocycles. The summed E-state index contributed by atoms with van der Waals surface area (Å²) in [5.74, 6) is -1.78. The van der Waals surface area contributed by atoms with E-state index in [9.17, 15) is 17.6 Å². The van der Waals surface area contributed by atoms with Crippen molar-refractivity contribution in [3.63, 3.8) is 0 Å². The first-order valence-corrected chi connectivity index (χ1v) is 5.70.